The van der Waals surface area contributed by atoms with Gasteiger partial charge in [0.05, 0.1) is 6.54 Å². The van der Waals surface area contributed by atoms with Crippen LogP contribution >= 0.6 is 0 Å². The molecule has 0 radical (unpaired) electrons. The Labute approximate surface area is 109 Å². The fraction of sp³-hybridized carbons (Fsp3) is 0.273. The average molecular weight is 274 g/mol. The number of nitrogens with two attached hydrogens (primary N) is 1. The van der Waals surface area contributed by atoms with Crippen molar-refractivity contribution in [3.05, 3.63) is 29.8 Å². The van der Waals surface area contributed by atoms with Crippen molar-refractivity contribution in [2.24, 2.45) is 5.73 Å². The van der Waals surface area contributed by atoms with Gasteiger partial charge in [-0.3, -0.25) is 4.79 Å². The molecule has 0 saturated heterocycles. The van der Waals surface area contributed by atoms with Gasteiger partial charge in [0, 0.05) is 6.42 Å². The van der Waals surface area contributed by atoms with Crippen molar-refractivity contribution < 1.29 is 30.8 Å². The number of aliphatic carboxylic acids is 1. The minimum atomic E-state index is -1.13. The lowest BCUT2D eigenvalue weighted by Gasteiger charge is -2.13. The highest BCUT2D eigenvalue weighted by Gasteiger charge is 2.19. The molecule has 0 unspecified atom stereocenters. The third-order valence-electron chi connectivity index (χ3n) is 2.19. The van der Waals surface area contributed by atoms with Crippen molar-refractivity contribution in [1.29, 1.82) is 0 Å². The Morgan fingerprint density at radius 2 is 1.74 bits per heavy atom. The van der Waals surface area contributed by atoms with E-state index in [1.165, 1.54) is 12.1 Å². The SMILES string of the molecule is NCC(=O)N[C@@H](Cc1ccc(O)cc1)C(=O)O.O.O. The van der Waals surface area contributed by atoms with E-state index < -0.39 is 17.9 Å². The zero-order valence-electron chi connectivity index (χ0n) is 10.1. The molecule has 0 spiro atoms. The van der Waals surface area contributed by atoms with Crippen LogP contribution in [0.2, 0.25) is 0 Å². The predicted molar refractivity (Wildman–Crippen MR) is 67.7 cm³/mol. The molecule has 0 aliphatic carbocycles. The first kappa shape index (κ1) is 19.2. The summed E-state index contributed by atoms with van der Waals surface area (Å²) in [6.07, 6.45) is 0.140. The molecule has 1 atom stereocenters. The first-order valence-corrected chi connectivity index (χ1v) is 5.03. The normalized spacial score (nSPS) is 10.6. The summed E-state index contributed by atoms with van der Waals surface area (Å²) in [4.78, 5) is 21.9. The number of phenolic OH excluding ortho intramolecular Hbond substituents is 1. The van der Waals surface area contributed by atoms with Crippen molar-refractivity contribution in [2.75, 3.05) is 6.54 Å². The van der Waals surface area contributed by atoms with Crippen LogP contribution in [0.4, 0.5) is 0 Å². The molecule has 8 nitrogen and oxygen atoms in total. The van der Waals surface area contributed by atoms with E-state index in [0.717, 1.165) is 0 Å². The molecule has 108 valence electrons. The number of amides is 1. The third-order valence-corrected chi connectivity index (χ3v) is 2.19. The van der Waals surface area contributed by atoms with Crippen molar-refractivity contribution in [3.63, 3.8) is 0 Å². The van der Waals surface area contributed by atoms with Crippen molar-refractivity contribution >= 4 is 11.9 Å². The maximum Gasteiger partial charge on any atom is 0.326 e. The number of carboxylic acid groups (broad SMARTS) is 1. The number of hydrogen-bond acceptors (Lipinski definition) is 4. The van der Waals surface area contributed by atoms with Gasteiger partial charge in [0.15, 0.2) is 0 Å². The van der Waals surface area contributed by atoms with E-state index in [1.807, 2.05) is 0 Å². The summed E-state index contributed by atoms with van der Waals surface area (Å²) >= 11 is 0. The standard InChI is InChI=1S/C11H14N2O4.2H2O/c12-6-10(15)13-9(11(16)17)5-7-1-3-8(14)4-2-7;;/h1-4,9,14H,5-6,12H2,(H,13,15)(H,16,17);2*1H2/t9-;;/m0../s1. The number of aromatic hydroxyl groups is 1. The quantitative estimate of drug-likeness (QED) is 0.476. The fourth-order valence-electron chi connectivity index (χ4n) is 1.32. The number of phenols is 1. The molecule has 1 amide bonds. The molecule has 0 heterocycles. The summed E-state index contributed by atoms with van der Waals surface area (Å²) in [7, 11) is 0. The van der Waals surface area contributed by atoms with Gasteiger partial charge >= 0.3 is 5.97 Å². The number of benzene rings is 1. The summed E-state index contributed by atoms with van der Waals surface area (Å²) < 4.78 is 0. The molecule has 8 heteroatoms. The molecule has 19 heavy (non-hydrogen) atoms. The molecular formula is C11H18N2O6. The Kier molecular flexibility index (Phi) is 8.95. The van der Waals surface area contributed by atoms with Gasteiger partial charge in [-0.15, -0.1) is 0 Å². The topological polar surface area (TPSA) is 176 Å². The fourth-order valence-corrected chi connectivity index (χ4v) is 1.32. The van der Waals surface area contributed by atoms with Crippen LogP contribution in [0.15, 0.2) is 24.3 Å². The Hall–Kier alpha value is -2.16. The van der Waals surface area contributed by atoms with E-state index in [4.69, 9.17) is 15.9 Å². The van der Waals surface area contributed by atoms with Crippen molar-refractivity contribution in [1.82, 2.24) is 5.32 Å². The van der Waals surface area contributed by atoms with Crippen LogP contribution in [0.1, 0.15) is 5.56 Å². The lowest BCUT2D eigenvalue weighted by Crippen LogP contribution is -2.44. The van der Waals surface area contributed by atoms with Crippen LogP contribution in [0.25, 0.3) is 0 Å². The molecule has 1 aromatic carbocycles. The minimum absolute atomic E-state index is 0. The van der Waals surface area contributed by atoms with E-state index >= 15 is 0 Å². The number of rotatable bonds is 5. The highest BCUT2D eigenvalue weighted by Crippen LogP contribution is 2.11. The zero-order chi connectivity index (χ0) is 12.8. The number of carbonyl (C=O) groups excluding carboxylic acids is 1. The first-order chi connectivity index (χ1) is 8.02. The van der Waals surface area contributed by atoms with Gasteiger partial charge in [0.25, 0.3) is 0 Å². The van der Waals surface area contributed by atoms with Crippen LogP contribution in [0, 0.1) is 0 Å². The molecule has 0 aromatic heterocycles. The zero-order valence-corrected chi connectivity index (χ0v) is 10.1. The van der Waals surface area contributed by atoms with Crippen LogP contribution in [-0.2, 0) is 16.0 Å². The van der Waals surface area contributed by atoms with E-state index in [2.05, 4.69) is 5.32 Å². The summed E-state index contributed by atoms with van der Waals surface area (Å²) in [6, 6.07) is 5.09. The van der Waals surface area contributed by atoms with Crippen molar-refractivity contribution in [2.45, 2.75) is 12.5 Å². The molecule has 0 aliphatic rings. The van der Waals surface area contributed by atoms with E-state index in [0.29, 0.717) is 5.56 Å². The van der Waals surface area contributed by atoms with E-state index in [-0.39, 0.29) is 29.7 Å². The van der Waals surface area contributed by atoms with Crippen LogP contribution < -0.4 is 11.1 Å². The number of carbonyl (C=O) groups is 2. The Morgan fingerprint density at radius 3 is 2.16 bits per heavy atom. The monoisotopic (exact) mass is 274 g/mol. The Morgan fingerprint density at radius 1 is 1.21 bits per heavy atom. The van der Waals surface area contributed by atoms with Gasteiger partial charge in [0.1, 0.15) is 11.8 Å². The average Bonchev–Trinajstić information content (AvgIpc) is 2.30. The predicted octanol–water partition coefficient (Wildman–Crippen LogP) is -2.19. The summed E-state index contributed by atoms with van der Waals surface area (Å²) in [5.41, 5.74) is 5.80. The molecule has 0 bridgehead atoms. The molecule has 9 N–H and O–H groups in total. The maximum atomic E-state index is 11.0. The second-order valence-electron chi connectivity index (χ2n) is 3.53. The van der Waals surface area contributed by atoms with Gasteiger partial charge in [0.2, 0.25) is 5.91 Å². The number of carboxylic acids is 1. The summed E-state index contributed by atoms with van der Waals surface area (Å²) in [6.45, 7) is -0.251. The summed E-state index contributed by atoms with van der Waals surface area (Å²) in [5, 5.41) is 20.3. The molecule has 1 aromatic rings. The van der Waals surface area contributed by atoms with Gasteiger partial charge < -0.3 is 32.2 Å². The molecule has 1 rings (SSSR count). The largest absolute Gasteiger partial charge is 0.508 e. The second-order valence-corrected chi connectivity index (χ2v) is 3.53. The maximum absolute atomic E-state index is 11.0. The summed E-state index contributed by atoms with van der Waals surface area (Å²) in [5.74, 6) is -1.54. The number of nitrogens with one attached hydrogen (secondary N) is 1. The van der Waals surface area contributed by atoms with Gasteiger partial charge in [-0.05, 0) is 17.7 Å². The highest BCUT2D eigenvalue weighted by molar-refractivity contribution is 5.84. The van der Waals surface area contributed by atoms with Crippen molar-refractivity contribution in [3.8, 4) is 5.75 Å². The molecule has 0 aliphatic heterocycles. The Balaban J connectivity index is 0. The smallest absolute Gasteiger partial charge is 0.326 e. The molecule has 0 saturated carbocycles. The van der Waals surface area contributed by atoms with Gasteiger partial charge in [-0.2, -0.15) is 0 Å². The van der Waals surface area contributed by atoms with Gasteiger partial charge in [-0.25, -0.2) is 4.79 Å². The lowest BCUT2D eigenvalue weighted by molar-refractivity contribution is -0.141. The number of hydrogen-bond donors (Lipinski definition) is 4. The first-order valence-electron chi connectivity index (χ1n) is 5.03. The Bertz CT molecular complexity index is 406. The molecular weight excluding hydrogens is 256 g/mol. The van der Waals surface area contributed by atoms with E-state index in [9.17, 15) is 9.59 Å². The van der Waals surface area contributed by atoms with E-state index in [1.54, 1.807) is 12.1 Å². The van der Waals surface area contributed by atoms with Crippen LogP contribution in [0.3, 0.4) is 0 Å². The third kappa shape index (κ3) is 6.36. The van der Waals surface area contributed by atoms with Crippen LogP contribution in [-0.4, -0.2) is 45.6 Å². The lowest BCUT2D eigenvalue weighted by atomic mass is 10.1. The highest BCUT2D eigenvalue weighted by atomic mass is 16.4. The minimum Gasteiger partial charge on any atom is -0.508 e. The second kappa shape index (κ2) is 8.86. The van der Waals surface area contributed by atoms with Crippen LogP contribution in [0.5, 0.6) is 5.75 Å². The van der Waals surface area contributed by atoms with Gasteiger partial charge in [-0.1, -0.05) is 12.1 Å². The molecule has 0 fully saturated rings.